The predicted molar refractivity (Wildman–Crippen MR) is 74.5 cm³/mol. The van der Waals surface area contributed by atoms with Crippen LogP contribution in [-0.2, 0) is 0 Å². The van der Waals surface area contributed by atoms with Crippen molar-refractivity contribution >= 4 is 28.3 Å². The van der Waals surface area contributed by atoms with Crippen molar-refractivity contribution in [2.75, 3.05) is 13.1 Å². The minimum absolute atomic E-state index is 0.0784. The average Bonchev–Trinajstić information content (AvgIpc) is 3.03. The molecule has 0 aliphatic carbocycles. The maximum Gasteiger partial charge on any atom is 0.184 e. The van der Waals surface area contributed by atoms with Crippen LogP contribution >= 0.6 is 11.6 Å². The molecule has 2 aromatic rings. The number of nitrogens with one attached hydrogen (secondary N) is 2. The number of halogens is 3. The topological polar surface area (TPSA) is 65.1 Å². The quantitative estimate of drug-likeness (QED) is 0.601. The summed E-state index contributed by atoms with van der Waals surface area (Å²) in [7, 11) is 0. The molecule has 3 rings (SSSR count). The number of aliphatic hydroxyl groups is 1. The van der Waals surface area contributed by atoms with Crippen molar-refractivity contribution in [3.05, 3.63) is 34.5 Å². The van der Waals surface area contributed by atoms with E-state index in [1.807, 2.05) is 0 Å². The van der Waals surface area contributed by atoms with Crippen LogP contribution in [0, 0.1) is 17.6 Å². The number of hydrogen-bond donors (Lipinski definition) is 3. The van der Waals surface area contributed by atoms with Crippen LogP contribution in [0.2, 0.25) is 5.02 Å². The first-order valence-corrected chi connectivity index (χ1v) is 6.93. The van der Waals surface area contributed by atoms with Crippen LogP contribution in [0.1, 0.15) is 16.9 Å². The van der Waals surface area contributed by atoms with Gasteiger partial charge in [0.1, 0.15) is 0 Å². The number of benzene rings is 1. The van der Waals surface area contributed by atoms with Crippen LogP contribution in [0.25, 0.3) is 10.9 Å². The summed E-state index contributed by atoms with van der Waals surface area (Å²) in [4.78, 5) is 14.8. The van der Waals surface area contributed by atoms with E-state index in [0.29, 0.717) is 18.5 Å². The molecule has 0 amide bonds. The van der Waals surface area contributed by atoms with E-state index in [-0.39, 0.29) is 34.4 Å². The Labute approximate surface area is 124 Å². The number of β-amino-alcohol motifs (C(OH)–C–C–N with tert-alkyl or cyclic N) is 1. The lowest BCUT2D eigenvalue weighted by atomic mass is 9.98. The predicted octanol–water partition coefficient (Wildman–Crippen LogP) is 2.25. The minimum Gasteiger partial charge on any atom is -0.391 e. The Morgan fingerprint density at radius 2 is 2.10 bits per heavy atom. The third kappa shape index (κ3) is 2.54. The molecule has 1 aliphatic heterocycles. The number of fused-ring (bicyclic) bond motifs is 1. The van der Waals surface area contributed by atoms with Crippen molar-refractivity contribution in [3.8, 4) is 0 Å². The van der Waals surface area contributed by atoms with E-state index < -0.39 is 17.7 Å². The van der Waals surface area contributed by atoms with Crippen molar-refractivity contribution in [2.24, 2.45) is 5.92 Å². The second-order valence-corrected chi connectivity index (χ2v) is 5.65. The third-order valence-electron chi connectivity index (χ3n) is 3.80. The summed E-state index contributed by atoms with van der Waals surface area (Å²) in [5.41, 5.74) is 0.106. The summed E-state index contributed by atoms with van der Waals surface area (Å²) in [5.74, 6) is -2.66. The van der Waals surface area contributed by atoms with Crippen LogP contribution in [0.4, 0.5) is 8.78 Å². The number of ketones is 1. The van der Waals surface area contributed by atoms with Crippen LogP contribution in [-0.4, -0.2) is 35.1 Å². The van der Waals surface area contributed by atoms with E-state index >= 15 is 0 Å². The van der Waals surface area contributed by atoms with Gasteiger partial charge in [0.25, 0.3) is 0 Å². The molecule has 1 fully saturated rings. The highest BCUT2D eigenvalue weighted by Gasteiger charge is 2.28. The number of aliphatic hydroxyl groups excluding tert-OH is 1. The molecular weight excluding hydrogens is 302 g/mol. The standard InChI is InChI=1S/C14H13ClF2N2O2/c15-8-1-6-2-9(19-14(6)13(17)12(8)16)10(20)3-7-4-18-5-11(7)21/h1-2,7,11,18-19,21H,3-5H2/t7-,11-/m0/s1. The fourth-order valence-corrected chi connectivity index (χ4v) is 2.81. The van der Waals surface area contributed by atoms with Crippen LogP contribution in [0.15, 0.2) is 12.1 Å². The Balaban J connectivity index is 1.90. The summed E-state index contributed by atoms with van der Waals surface area (Å²) in [5, 5.41) is 12.7. The molecule has 2 atom stereocenters. The second-order valence-electron chi connectivity index (χ2n) is 5.25. The van der Waals surface area contributed by atoms with Crippen molar-refractivity contribution < 1.29 is 18.7 Å². The lowest BCUT2D eigenvalue weighted by Gasteiger charge is -2.11. The van der Waals surface area contributed by atoms with Gasteiger partial charge in [-0.3, -0.25) is 4.79 Å². The summed E-state index contributed by atoms with van der Waals surface area (Å²) in [6, 6.07) is 2.72. The average molecular weight is 315 g/mol. The van der Waals surface area contributed by atoms with E-state index in [9.17, 15) is 18.7 Å². The summed E-state index contributed by atoms with van der Waals surface area (Å²) < 4.78 is 27.1. The van der Waals surface area contributed by atoms with Gasteiger partial charge >= 0.3 is 0 Å². The van der Waals surface area contributed by atoms with Crippen molar-refractivity contribution in [1.29, 1.82) is 0 Å². The normalized spacial score (nSPS) is 22.1. The molecule has 0 spiro atoms. The van der Waals surface area contributed by atoms with Gasteiger partial charge in [0, 0.05) is 30.8 Å². The van der Waals surface area contributed by atoms with E-state index in [4.69, 9.17) is 11.6 Å². The number of aromatic nitrogens is 1. The van der Waals surface area contributed by atoms with Crippen LogP contribution in [0.5, 0.6) is 0 Å². The van der Waals surface area contributed by atoms with Gasteiger partial charge in [0.05, 0.1) is 22.3 Å². The summed E-state index contributed by atoms with van der Waals surface area (Å²) >= 11 is 5.58. The van der Waals surface area contributed by atoms with Crippen molar-refractivity contribution in [2.45, 2.75) is 12.5 Å². The van der Waals surface area contributed by atoms with Crippen LogP contribution in [0.3, 0.4) is 0 Å². The van der Waals surface area contributed by atoms with Crippen molar-refractivity contribution in [1.82, 2.24) is 10.3 Å². The number of Topliss-reactive ketones (excluding diaryl/α,β-unsaturated/α-hetero) is 1. The number of rotatable bonds is 3. The zero-order valence-corrected chi connectivity index (χ0v) is 11.7. The van der Waals surface area contributed by atoms with Gasteiger partial charge in [-0.2, -0.15) is 0 Å². The number of carbonyl (C=O) groups excluding carboxylic acids is 1. The molecular formula is C14H13ClF2N2O2. The maximum absolute atomic E-state index is 13.8. The Kier molecular flexibility index (Phi) is 3.69. The molecule has 7 heteroatoms. The SMILES string of the molecule is O=C(C[C@H]1CNC[C@@H]1O)c1cc2cc(Cl)c(F)c(F)c2[nH]1. The molecule has 1 aromatic heterocycles. The van der Waals surface area contributed by atoms with E-state index in [1.54, 1.807) is 0 Å². The van der Waals surface area contributed by atoms with Gasteiger partial charge in [-0.1, -0.05) is 11.6 Å². The van der Waals surface area contributed by atoms with Gasteiger partial charge in [-0.15, -0.1) is 0 Å². The zero-order valence-electron chi connectivity index (χ0n) is 10.9. The first-order valence-electron chi connectivity index (χ1n) is 6.55. The van der Waals surface area contributed by atoms with Gasteiger partial charge in [0.2, 0.25) is 0 Å². The molecule has 1 aromatic carbocycles. The Morgan fingerprint density at radius 1 is 1.33 bits per heavy atom. The first-order chi connectivity index (χ1) is 9.97. The summed E-state index contributed by atoms with van der Waals surface area (Å²) in [6.07, 6.45) is -0.430. The molecule has 0 radical (unpaired) electrons. The highest BCUT2D eigenvalue weighted by atomic mass is 35.5. The molecule has 1 aliphatic rings. The fraction of sp³-hybridized carbons (Fsp3) is 0.357. The molecule has 1 saturated heterocycles. The van der Waals surface area contributed by atoms with Crippen molar-refractivity contribution in [3.63, 3.8) is 0 Å². The molecule has 4 nitrogen and oxygen atoms in total. The molecule has 21 heavy (non-hydrogen) atoms. The lowest BCUT2D eigenvalue weighted by Crippen LogP contribution is -2.21. The van der Waals surface area contributed by atoms with Gasteiger partial charge in [0.15, 0.2) is 17.4 Å². The largest absolute Gasteiger partial charge is 0.391 e. The third-order valence-corrected chi connectivity index (χ3v) is 4.08. The number of H-pyrrole nitrogens is 1. The number of aromatic amines is 1. The Morgan fingerprint density at radius 3 is 2.76 bits per heavy atom. The number of carbonyl (C=O) groups is 1. The van der Waals surface area contributed by atoms with Gasteiger partial charge in [-0.05, 0) is 12.1 Å². The first kappa shape index (κ1) is 14.4. The molecule has 0 unspecified atom stereocenters. The zero-order chi connectivity index (χ0) is 15.1. The van der Waals surface area contributed by atoms with Gasteiger partial charge in [-0.25, -0.2) is 8.78 Å². The van der Waals surface area contributed by atoms with Crippen LogP contribution < -0.4 is 5.32 Å². The van der Waals surface area contributed by atoms with E-state index in [2.05, 4.69) is 10.3 Å². The number of hydrogen-bond acceptors (Lipinski definition) is 3. The molecule has 0 bridgehead atoms. The molecule has 112 valence electrons. The maximum atomic E-state index is 13.8. The van der Waals surface area contributed by atoms with E-state index in [1.165, 1.54) is 12.1 Å². The smallest absolute Gasteiger partial charge is 0.184 e. The Hall–Kier alpha value is -1.50. The van der Waals surface area contributed by atoms with Gasteiger partial charge < -0.3 is 15.4 Å². The second kappa shape index (κ2) is 5.36. The monoisotopic (exact) mass is 314 g/mol. The summed E-state index contributed by atoms with van der Waals surface area (Å²) in [6.45, 7) is 1.02. The lowest BCUT2D eigenvalue weighted by molar-refractivity contribution is 0.0890. The molecule has 0 saturated carbocycles. The Bertz CT molecular complexity index is 717. The molecule has 2 heterocycles. The highest BCUT2D eigenvalue weighted by Crippen LogP contribution is 2.28. The fourth-order valence-electron chi connectivity index (χ4n) is 2.61. The molecule has 3 N–H and O–H groups in total. The van der Waals surface area contributed by atoms with E-state index in [0.717, 1.165) is 0 Å². The highest BCUT2D eigenvalue weighted by molar-refractivity contribution is 6.31. The minimum atomic E-state index is -1.14.